The van der Waals surface area contributed by atoms with Gasteiger partial charge in [0.05, 0.1) is 35.9 Å². The fraction of sp³-hybridized carbons (Fsp3) is 0.231. The molecule has 0 saturated carbocycles. The number of ether oxygens (including phenoxy) is 2. The van der Waals surface area contributed by atoms with Crippen molar-refractivity contribution in [1.29, 1.82) is 5.26 Å². The highest BCUT2D eigenvalue weighted by molar-refractivity contribution is 5.97. The summed E-state index contributed by atoms with van der Waals surface area (Å²) >= 11 is 0. The number of aliphatic carboxylic acids is 1. The van der Waals surface area contributed by atoms with Crippen molar-refractivity contribution < 1.29 is 24.2 Å². The summed E-state index contributed by atoms with van der Waals surface area (Å²) in [6.07, 6.45) is 1.87. The molecule has 2 heterocycles. The van der Waals surface area contributed by atoms with Crippen LogP contribution in [0.3, 0.4) is 0 Å². The molecule has 0 aliphatic carbocycles. The number of nitrogens with zero attached hydrogens (tertiary/aromatic N) is 3. The molecule has 1 saturated heterocycles. The lowest BCUT2D eigenvalue weighted by atomic mass is 10.0. The Hall–Kier alpha value is -4.38. The monoisotopic (exact) mass is 457 g/mol. The molecule has 8 nitrogen and oxygen atoms in total. The van der Waals surface area contributed by atoms with Gasteiger partial charge < -0.3 is 19.5 Å². The zero-order valence-electron chi connectivity index (χ0n) is 18.5. The third-order valence-corrected chi connectivity index (χ3v) is 5.92. The smallest absolute Gasteiger partial charge is 0.308 e. The van der Waals surface area contributed by atoms with Crippen LogP contribution >= 0.6 is 0 Å². The van der Waals surface area contributed by atoms with E-state index < -0.39 is 17.9 Å². The number of methoxy groups -OCH3 is 1. The Balaban J connectivity index is 1.49. The van der Waals surface area contributed by atoms with E-state index in [9.17, 15) is 14.7 Å². The summed E-state index contributed by atoms with van der Waals surface area (Å²) in [6.45, 7) is 0.373. The van der Waals surface area contributed by atoms with Crippen molar-refractivity contribution in [3.63, 3.8) is 0 Å². The van der Waals surface area contributed by atoms with Gasteiger partial charge in [-0.15, -0.1) is 0 Å². The normalized spacial score (nSPS) is 17.1. The Kier molecular flexibility index (Phi) is 6.74. The number of likely N-dealkylation sites (tertiary alicyclic amines) is 1. The number of carboxylic acids is 1. The molecule has 3 aromatic rings. The van der Waals surface area contributed by atoms with Crippen molar-refractivity contribution in [2.45, 2.75) is 12.5 Å². The van der Waals surface area contributed by atoms with Crippen LogP contribution in [0.5, 0.6) is 11.5 Å². The number of para-hydroxylation sites is 1. The SMILES string of the molecule is COc1ccccc1C(=O)N1CCC(C(=O)O)C1COc1ccc(-c2ccc(C#N)cn2)cc1. The van der Waals surface area contributed by atoms with Crippen LogP contribution < -0.4 is 9.47 Å². The lowest BCUT2D eigenvalue weighted by molar-refractivity contribution is -0.142. The number of hydrogen-bond acceptors (Lipinski definition) is 6. The van der Waals surface area contributed by atoms with Gasteiger partial charge >= 0.3 is 5.97 Å². The molecule has 2 atom stereocenters. The molecule has 1 N–H and O–H groups in total. The number of hydrogen-bond donors (Lipinski definition) is 1. The number of amides is 1. The van der Waals surface area contributed by atoms with Crippen LogP contribution in [-0.2, 0) is 4.79 Å². The molecule has 0 spiro atoms. The van der Waals surface area contributed by atoms with Gasteiger partial charge in [0.25, 0.3) is 5.91 Å². The summed E-state index contributed by atoms with van der Waals surface area (Å²) < 4.78 is 11.2. The first-order chi connectivity index (χ1) is 16.5. The number of rotatable bonds is 7. The van der Waals surface area contributed by atoms with Gasteiger partial charge in [0.1, 0.15) is 24.2 Å². The van der Waals surface area contributed by atoms with E-state index in [0.717, 1.165) is 11.3 Å². The minimum absolute atomic E-state index is 0.0479. The summed E-state index contributed by atoms with van der Waals surface area (Å²) in [5.41, 5.74) is 2.45. The molecular weight excluding hydrogens is 434 g/mol. The second-order valence-electron chi connectivity index (χ2n) is 7.88. The first-order valence-electron chi connectivity index (χ1n) is 10.8. The number of nitriles is 1. The average molecular weight is 457 g/mol. The molecule has 1 aromatic heterocycles. The lowest BCUT2D eigenvalue weighted by Gasteiger charge is -2.27. The second kappa shape index (κ2) is 10.0. The van der Waals surface area contributed by atoms with Crippen LogP contribution in [0.2, 0.25) is 0 Å². The first kappa shape index (κ1) is 22.8. The first-order valence-corrected chi connectivity index (χ1v) is 10.8. The van der Waals surface area contributed by atoms with Crippen molar-refractivity contribution >= 4 is 11.9 Å². The molecule has 8 heteroatoms. The van der Waals surface area contributed by atoms with Gasteiger partial charge in [-0.1, -0.05) is 12.1 Å². The Labute approximate surface area is 197 Å². The molecule has 172 valence electrons. The Bertz CT molecular complexity index is 1220. The summed E-state index contributed by atoms with van der Waals surface area (Å²) in [7, 11) is 1.49. The van der Waals surface area contributed by atoms with E-state index in [1.165, 1.54) is 13.3 Å². The number of benzene rings is 2. The van der Waals surface area contributed by atoms with Gasteiger partial charge in [0.15, 0.2) is 0 Å². The Morgan fingerprint density at radius 3 is 2.56 bits per heavy atom. The van der Waals surface area contributed by atoms with E-state index in [1.807, 2.05) is 18.2 Å². The van der Waals surface area contributed by atoms with Crippen LogP contribution in [0.4, 0.5) is 0 Å². The van der Waals surface area contributed by atoms with Crippen LogP contribution in [-0.4, -0.2) is 53.2 Å². The van der Waals surface area contributed by atoms with Crippen molar-refractivity contribution in [3.05, 3.63) is 78.0 Å². The zero-order chi connectivity index (χ0) is 24.1. The van der Waals surface area contributed by atoms with E-state index in [-0.39, 0.29) is 12.5 Å². The fourth-order valence-corrected chi connectivity index (χ4v) is 4.11. The van der Waals surface area contributed by atoms with E-state index in [4.69, 9.17) is 14.7 Å². The maximum Gasteiger partial charge on any atom is 0.308 e. The Morgan fingerprint density at radius 1 is 1.15 bits per heavy atom. The van der Waals surface area contributed by atoms with Gasteiger partial charge in [0, 0.05) is 18.3 Å². The van der Waals surface area contributed by atoms with E-state index in [0.29, 0.717) is 35.6 Å². The maximum absolute atomic E-state index is 13.2. The van der Waals surface area contributed by atoms with E-state index in [2.05, 4.69) is 4.98 Å². The topological polar surface area (TPSA) is 113 Å². The highest BCUT2D eigenvalue weighted by Crippen LogP contribution is 2.30. The fourth-order valence-electron chi connectivity index (χ4n) is 4.11. The third kappa shape index (κ3) is 4.69. The molecule has 4 rings (SSSR count). The van der Waals surface area contributed by atoms with Gasteiger partial charge in [-0.3, -0.25) is 14.6 Å². The highest BCUT2D eigenvalue weighted by atomic mass is 16.5. The zero-order valence-corrected chi connectivity index (χ0v) is 18.5. The number of carbonyl (C=O) groups is 2. The minimum Gasteiger partial charge on any atom is -0.496 e. The van der Waals surface area contributed by atoms with Crippen LogP contribution in [0.15, 0.2) is 66.9 Å². The second-order valence-corrected chi connectivity index (χ2v) is 7.88. The Morgan fingerprint density at radius 2 is 1.91 bits per heavy atom. The van der Waals surface area contributed by atoms with Crippen molar-refractivity contribution in [2.75, 3.05) is 20.3 Å². The maximum atomic E-state index is 13.2. The molecule has 1 aliphatic heterocycles. The van der Waals surface area contributed by atoms with E-state index in [1.54, 1.807) is 53.4 Å². The molecule has 1 aliphatic rings. The quantitative estimate of drug-likeness (QED) is 0.576. The van der Waals surface area contributed by atoms with Gasteiger partial charge in [-0.05, 0) is 55.0 Å². The third-order valence-electron chi connectivity index (χ3n) is 5.92. The number of carboxylic acid groups (broad SMARTS) is 1. The molecule has 1 fully saturated rings. The average Bonchev–Trinajstić information content (AvgIpc) is 3.31. The van der Waals surface area contributed by atoms with E-state index >= 15 is 0 Å². The molecule has 2 aromatic carbocycles. The summed E-state index contributed by atoms with van der Waals surface area (Å²) in [5.74, 6) is -0.958. The predicted octanol–water partition coefficient (Wildman–Crippen LogP) is 3.62. The predicted molar refractivity (Wildman–Crippen MR) is 123 cm³/mol. The van der Waals surface area contributed by atoms with Crippen molar-refractivity contribution in [1.82, 2.24) is 9.88 Å². The number of pyridine rings is 1. The van der Waals surface area contributed by atoms with Gasteiger partial charge in [0.2, 0.25) is 0 Å². The summed E-state index contributed by atoms with van der Waals surface area (Å²) in [4.78, 5) is 30.9. The number of aromatic nitrogens is 1. The lowest BCUT2D eigenvalue weighted by Crippen LogP contribution is -2.43. The standard InChI is InChI=1S/C26H23N3O5/c1-33-24-5-3-2-4-21(24)25(30)29-13-12-20(26(31)32)23(29)16-34-19-9-7-18(8-10-19)22-11-6-17(14-27)15-28-22/h2-11,15,20,23H,12-13,16H2,1H3,(H,31,32). The van der Waals surface area contributed by atoms with Crippen LogP contribution in [0, 0.1) is 17.2 Å². The molecule has 0 radical (unpaired) electrons. The minimum atomic E-state index is -0.953. The van der Waals surface area contributed by atoms with Gasteiger partial charge in [-0.25, -0.2) is 0 Å². The van der Waals surface area contributed by atoms with Crippen LogP contribution in [0.25, 0.3) is 11.3 Å². The van der Waals surface area contributed by atoms with Crippen LogP contribution in [0.1, 0.15) is 22.3 Å². The largest absolute Gasteiger partial charge is 0.496 e. The molecule has 1 amide bonds. The number of carbonyl (C=O) groups excluding carboxylic acids is 1. The van der Waals surface area contributed by atoms with Crippen molar-refractivity contribution in [3.8, 4) is 28.8 Å². The van der Waals surface area contributed by atoms with Crippen molar-refractivity contribution in [2.24, 2.45) is 5.92 Å². The van der Waals surface area contributed by atoms with Gasteiger partial charge in [-0.2, -0.15) is 5.26 Å². The summed E-state index contributed by atoms with van der Waals surface area (Å²) in [5, 5.41) is 18.6. The molecule has 34 heavy (non-hydrogen) atoms. The molecule has 2 unspecified atom stereocenters. The summed E-state index contributed by atoms with van der Waals surface area (Å²) in [6, 6.07) is 19.0. The molecule has 0 bridgehead atoms. The molecular formula is C26H23N3O5. The highest BCUT2D eigenvalue weighted by Gasteiger charge is 2.42.